The van der Waals surface area contributed by atoms with Crippen LogP contribution in [0.5, 0.6) is 0 Å². The Labute approximate surface area is 207 Å². The minimum atomic E-state index is -3.60. The summed E-state index contributed by atoms with van der Waals surface area (Å²) in [5, 5.41) is -0.581. The number of sulfonamides is 1. The Morgan fingerprint density at radius 3 is 2.43 bits per heavy atom. The summed E-state index contributed by atoms with van der Waals surface area (Å²) in [5.41, 5.74) is 2.07. The molecular weight excluding hydrogens is 463 g/mol. The first kappa shape index (κ1) is 24.0. The van der Waals surface area contributed by atoms with Crippen LogP contribution in [0.15, 0.2) is 60.9 Å². The smallest absolute Gasteiger partial charge is 0.221 e. The van der Waals surface area contributed by atoms with Gasteiger partial charge in [-0.1, -0.05) is 36.4 Å². The minimum absolute atomic E-state index is 0.0557. The molecule has 0 spiro atoms. The molecule has 6 nitrogen and oxygen atoms in total. The zero-order chi connectivity index (χ0) is 24.6. The summed E-state index contributed by atoms with van der Waals surface area (Å²) in [5.74, 6) is 1.17. The van der Waals surface area contributed by atoms with E-state index in [2.05, 4.69) is 14.5 Å². The van der Waals surface area contributed by atoms with Gasteiger partial charge in [0.15, 0.2) is 0 Å². The second-order valence-electron chi connectivity index (χ2n) is 9.85. The van der Waals surface area contributed by atoms with Crippen LogP contribution in [0.3, 0.4) is 0 Å². The summed E-state index contributed by atoms with van der Waals surface area (Å²) in [6, 6.07) is 14.4. The molecular formula is C27H33FN4O2S. The molecule has 0 bridgehead atoms. The largest absolute Gasteiger partial charge is 0.371 e. The van der Waals surface area contributed by atoms with Crippen LogP contribution in [0, 0.1) is 5.82 Å². The maximum atomic E-state index is 15.3. The van der Waals surface area contributed by atoms with Crippen molar-refractivity contribution in [1.29, 1.82) is 0 Å². The topological polar surface area (TPSA) is 58.4 Å². The van der Waals surface area contributed by atoms with E-state index >= 15 is 4.39 Å². The van der Waals surface area contributed by atoms with Crippen molar-refractivity contribution in [3.05, 3.63) is 83.7 Å². The van der Waals surface area contributed by atoms with E-state index < -0.39 is 15.3 Å². The zero-order valence-electron chi connectivity index (χ0n) is 20.3. The highest BCUT2D eigenvalue weighted by Gasteiger charge is 2.40. The van der Waals surface area contributed by atoms with Gasteiger partial charge in [-0.3, -0.25) is 0 Å². The van der Waals surface area contributed by atoms with Gasteiger partial charge in [0.25, 0.3) is 0 Å². The van der Waals surface area contributed by atoms with Crippen LogP contribution in [0.1, 0.15) is 60.7 Å². The Bertz CT molecular complexity index is 1270. The van der Waals surface area contributed by atoms with Crippen LogP contribution in [-0.4, -0.2) is 41.4 Å². The van der Waals surface area contributed by atoms with Gasteiger partial charge in [-0.05, 0) is 50.3 Å². The number of benzene rings is 2. The quantitative estimate of drug-likeness (QED) is 0.499. The van der Waals surface area contributed by atoms with Crippen molar-refractivity contribution in [2.75, 3.05) is 18.0 Å². The van der Waals surface area contributed by atoms with Gasteiger partial charge in [0.05, 0.1) is 0 Å². The molecule has 2 aromatic carbocycles. The normalized spacial score (nSPS) is 23.5. The highest BCUT2D eigenvalue weighted by atomic mass is 32.2. The predicted molar refractivity (Wildman–Crippen MR) is 136 cm³/mol. The van der Waals surface area contributed by atoms with Gasteiger partial charge in [-0.25, -0.2) is 17.8 Å². The number of aryl methyl sites for hydroxylation is 1. The van der Waals surface area contributed by atoms with E-state index in [0.717, 1.165) is 49.4 Å². The van der Waals surface area contributed by atoms with Crippen molar-refractivity contribution in [1.82, 2.24) is 13.9 Å². The molecule has 0 amide bonds. The molecule has 5 rings (SSSR count). The predicted octanol–water partition coefficient (Wildman–Crippen LogP) is 5.00. The van der Waals surface area contributed by atoms with Crippen LogP contribution in [0.4, 0.5) is 10.1 Å². The number of hydrogen-bond donors (Lipinski definition) is 0. The first-order valence-electron chi connectivity index (χ1n) is 12.4. The zero-order valence-corrected chi connectivity index (χ0v) is 21.2. The van der Waals surface area contributed by atoms with Gasteiger partial charge < -0.3 is 9.47 Å². The number of anilines is 1. The lowest BCUT2D eigenvalue weighted by Crippen LogP contribution is -2.44. The molecule has 2 aliphatic rings. The second-order valence-corrected chi connectivity index (χ2v) is 11.9. The Kier molecular flexibility index (Phi) is 6.68. The Morgan fingerprint density at radius 2 is 1.77 bits per heavy atom. The molecule has 0 N–H and O–H groups in total. The average Bonchev–Trinajstić information content (AvgIpc) is 3.29. The Morgan fingerprint density at radius 1 is 1.03 bits per heavy atom. The van der Waals surface area contributed by atoms with Crippen molar-refractivity contribution in [2.45, 2.75) is 56.4 Å². The first-order chi connectivity index (χ1) is 16.8. The number of halogens is 1. The SMILES string of the molecule is C[C@H]1CCC(c2ccccc2)S(=O)(=O)N1Cc1ccc(N2CCC(c3nccn3C)CC2)cc1F. The number of piperidine rings is 1. The molecule has 0 saturated carbocycles. The summed E-state index contributed by atoms with van der Waals surface area (Å²) >= 11 is 0. The van der Waals surface area contributed by atoms with Crippen LogP contribution < -0.4 is 4.90 Å². The van der Waals surface area contributed by atoms with E-state index in [9.17, 15) is 8.42 Å². The van der Waals surface area contributed by atoms with E-state index in [0.29, 0.717) is 17.9 Å². The van der Waals surface area contributed by atoms with E-state index in [1.807, 2.05) is 62.8 Å². The number of hydrogen-bond acceptors (Lipinski definition) is 4. The molecule has 2 aliphatic heterocycles. The highest BCUT2D eigenvalue weighted by Crippen LogP contribution is 2.38. The van der Waals surface area contributed by atoms with E-state index in [1.54, 1.807) is 12.1 Å². The van der Waals surface area contributed by atoms with E-state index in [1.165, 1.54) is 4.31 Å². The molecule has 186 valence electrons. The van der Waals surface area contributed by atoms with Crippen molar-refractivity contribution in [3.63, 3.8) is 0 Å². The molecule has 1 unspecified atom stereocenters. The van der Waals surface area contributed by atoms with Crippen LogP contribution in [0.2, 0.25) is 0 Å². The molecule has 3 heterocycles. The number of aromatic nitrogens is 2. The van der Waals surface area contributed by atoms with Crippen LogP contribution in [-0.2, 0) is 23.6 Å². The molecule has 0 radical (unpaired) electrons. The lowest BCUT2D eigenvalue weighted by molar-refractivity contribution is 0.279. The third-order valence-electron chi connectivity index (χ3n) is 7.64. The van der Waals surface area contributed by atoms with E-state index in [4.69, 9.17) is 0 Å². The monoisotopic (exact) mass is 496 g/mol. The van der Waals surface area contributed by atoms with Crippen molar-refractivity contribution in [3.8, 4) is 0 Å². The molecule has 2 saturated heterocycles. The third kappa shape index (κ3) is 4.74. The van der Waals surface area contributed by atoms with Crippen molar-refractivity contribution >= 4 is 15.7 Å². The van der Waals surface area contributed by atoms with Gasteiger partial charge in [0.2, 0.25) is 10.0 Å². The number of rotatable bonds is 5. The third-order valence-corrected chi connectivity index (χ3v) is 10.0. The lowest BCUT2D eigenvalue weighted by Gasteiger charge is -2.37. The molecule has 35 heavy (non-hydrogen) atoms. The van der Waals surface area contributed by atoms with Crippen LogP contribution >= 0.6 is 0 Å². The fraction of sp³-hybridized carbons (Fsp3) is 0.444. The molecule has 8 heteroatoms. The second kappa shape index (κ2) is 9.74. The fourth-order valence-electron chi connectivity index (χ4n) is 5.55. The molecule has 0 aliphatic carbocycles. The van der Waals surface area contributed by atoms with Gasteiger partial charge in [-0.15, -0.1) is 0 Å². The van der Waals surface area contributed by atoms with Gasteiger partial charge >= 0.3 is 0 Å². The number of nitrogens with zero attached hydrogens (tertiary/aromatic N) is 4. The average molecular weight is 497 g/mol. The number of imidazole rings is 1. The Hall–Kier alpha value is -2.71. The van der Waals surface area contributed by atoms with Gasteiger partial charge in [0, 0.05) is 62.3 Å². The summed E-state index contributed by atoms with van der Waals surface area (Å²) < 4.78 is 45.8. The van der Waals surface area contributed by atoms with Gasteiger partial charge in [0.1, 0.15) is 16.9 Å². The summed E-state index contributed by atoms with van der Waals surface area (Å²) in [4.78, 5) is 6.70. The highest BCUT2D eigenvalue weighted by molar-refractivity contribution is 7.89. The molecule has 2 fully saturated rings. The molecule has 2 atom stereocenters. The summed E-state index contributed by atoms with van der Waals surface area (Å²) in [6.07, 6.45) is 7.09. The van der Waals surface area contributed by atoms with Crippen molar-refractivity contribution < 1.29 is 12.8 Å². The van der Waals surface area contributed by atoms with Gasteiger partial charge in [-0.2, -0.15) is 4.31 Å². The molecule has 1 aromatic heterocycles. The maximum Gasteiger partial charge on any atom is 0.221 e. The Balaban J connectivity index is 1.29. The lowest BCUT2D eigenvalue weighted by atomic mass is 9.95. The standard InChI is InChI=1S/C27H33FN4O2S/c1-20-8-11-26(21-6-4-3-5-7-21)35(33,34)32(20)19-23-9-10-24(18-25(23)28)31-15-12-22(13-16-31)27-29-14-17-30(27)2/h3-7,9-10,14,17-18,20,22,26H,8,11-13,15-16,19H2,1-2H3/t20-,26?/m0/s1. The summed E-state index contributed by atoms with van der Waals surface area (Å²) in [6.45, 7) is 3.65. The summed E-state index contributed by atoms with van der Waals surface area (Å²) in [7, 11) is -1.57. The van der Waals surface area contributed by atoms with Crippen molar-refractivity contribution in [2.24, 2.45) is 7.05 Å². The fourth-order valence-corrected chi connectivity index (χ4v) is 7.74. The molecule has 3 aromatic rings. The first-order valence-corrected chi connectivity index (χ1v) is 13.9. The van der Waals surface area contributed by atoms with E-state index in [-0.39, 0.29) is 18.4 Å². The minimum Gasteiger partial charge on any atom is -0.371 e. The maximum absolute atomic E-state index is 15.3. The van der Waals surface area contributed by atoms with Crippen LogP contribution in [0.25, 0.3) is 0 Å².